The highest BCUT2D eigenvalue weighted by atomic mass is 16.3. The molecule has 0 aliphatic rings. The highest BCUT2D eigenvalue weighted by Crippen LogP contribution is 2.19. The molecular weight excluding hydrogens is 264 g/mol. The molecule has 3 aromatic rings. The van der Waals surface area contributed by atoms with E-state index in [2.05, 4.69) is 22.4 Å². The summed E-state index contributed by atoms with van der Waals surface area (Å²) in [6.45, 7) is 0.530. The molecule has 0 fully saturated rings. The van der Waals surface area contributed by atoms with Gasteiger partial charge in [0.1, 0.15) is 0 Å². The number of aromatic amines is 1. The summed E-state index contributed by atoms with van der Waals surface area (Å²) in [6.07, 6.45) is 7.58. The van der Waals surface area contributed by atoms with Crippen molar-refractivity contribution in [3.8, 4) is 0 Å². The lowest BCUT2D eigenvalue weighted by Crippen LogP contribution is -2.22. The van der Waals surface area contributed by atoms with Gasteiger partial charge in [-0.1, -0.05) is 18.2 Å². The Bertz CT molecular complexity index is 713. The van der Waals surface area contributed by atoms with Crippen molar-refractivity contribution in [2.45, 2.75) is 25.8 Å². The van der Waals surface area contributed by atoms with Crippen molar-refractivity contribution in [3.05, 3.63) is 60.2 Å². The van der Waals surface area contributed by atoms with E-state index in [0.29, 0.717) is 13.0 Å². The second-order valence-corrected chi connectivity index (χ2v) is 5.12. The molecular formula is C17H18N2O2. The van der Waals surface area contributed by atoms with Gasteiger partial charge in [0.05, 0.1) is 12.5 Å². The number of hydrogen-bond acceptors (Lipinski definition) is 2. The number of hydrogen-bond donors (Lipinski definition) is 2. The summed E-state index contributed by atoms with van der Waals surface area (Å²) in [5.74, 6) is 0.0797. The molecule has 0 aliphatic heterocycles. The van der Waals surface area contributed by atoms with Gasteiger partial charge in [0.25, 0.3) is 0 Å². The molecule has 0 bridgehead atoms. The lowest BCUT2D eigenvalue weighted by atomic mass is 10.1. The van der Waals surface area contributed by atoms with Gasteiger partial charge in [-0.05, 0) is 30.5 Å². The summed E-state index contributed by atoms with van der Waals surface area (Å²) >= 11 is 0. The number of aromatic nitrogens is 1. The van der Waals surface area contributed by atoms with Crippen LogP contribution in [0, 0.1) is 0 Å². The Kier molecular flexibility index (Phi) is 4.05. The van der Waals surface area contributed by atoms with E-state index in [1.807, 2.05) is 24.4 Å². The summed E-state index contributed by atoms with van der Waals surface area (Å²) in [5, 5.41) is 4.14. The number of furan rings is 1. The maximum atomic E-state index is 11.8. The number of benzene rings is 1. The average molecular weight is 282 g/mol. The van der Waals surface area contributed by atoms with Crippen LogP contribution in [0.3, 0.4) is 0 Å². The Hall–Kier alpha value is -2.49. The highest BCUT2D eigenvalue weighted by Gasteiger charge is 2.05. The molecule has 4 heteroatoms. The van der Waals surface area contributed by atoms with Crippen LogP contribution in [0.1, 0.15) is 24.0 Å². The number of para-hydroxylation sites is 1. The van der Waals surface area contributed by atoms with E-state index in [9.17, 15) is 4.79 Å². The minimum Gasteiger partial charge on any atom is -0.472 e. The van der Waals surface area contributed by atoms with Crippen molar-refractivity contribution in [3.63, 3.8) is 0 Å². The van der Waals surface area contributed by atoms with Crippen LogP contribution in [-0.4, -0.2) is 10.9 Å². The van der Waals surface area contributed by atoms with Crippen molar-refractivity contribution in [2.24, 2.45) is 0 Å². The molecule has 0 atom stereocenters. The van der Waals surface area contributed by atoms with Crippen LogP contribution in [0.15, 0.2) is 53.5 Å². The van der Waals surface area contributed by atoms with Gasteiger partial charge in [0, 0.05) is 35.6 Å². The number of nitrogens with one attached hydrogen (secondary N) is 2. The Morgan fingerprint density at radius 1 is 1.24 bits per heavy atom. The summed E-state index contributed by atoms with van der Waals surface area (Å²) in [6, 6.07) is 10.1. The standard InChI is InChI=1S/C17H18N2O2/c20-17(19-10-13-8-9-21-12-13)7-3-4-14-11-18-16-6-2-1-5-15(14)16/h1-2,5-6,8-9,11-12,18H,3-4,7,10H2,(H,19,20). The number of carbonyl (C=O) groups excluding carboxylic acids is 1. The van der Waals surface area contributed by atoms with Gasteiger partial charge in [-0.15, -0.1) is 0 Å². The largest absolute Gasteiger partial charge is 0.472 e. The third-order valence-corrected chi connectivity index (χ3v) is 3.59. The molecule has 1 amide bonds. The Morgan fingerprint density at radius 2 is 2.14 bits per heavy atom. The first-order chi connectivity index (χ1) is 10.3. The zero-order chi connectivity index (χ0) is 14.5. The Morgan fingerprint density at radius 3 is 3.00 bits per heavy atom. The van der Waals surface area contributed by atoms with Gasteiger partial charge in [-0.25, -0.2) is 0 Å². The Labute approximate surface area is 123 Å². The zero-order valence-corrected chi connectivity index (χ0v) is 11.8. The van der Waals surface area contributed by atoms with E-state index in [1.165, 1.54) is 10.9 Å². The first-order valence-corrected chi connectivity index (χ1v) is 7.16. The van der Waals surface area contributed by atoms with Crippen molar-refractivity contribution in [1.29, 1.82) is 0 Å². The molecule has 0 aliphatic carbocycles. The van der Waals surface area contributed by atoms with Crippen molar-refractivity contribution in [1.82, 2.24) is 10.3 Å². The maximum absolute atomic E-state index is 11.8. The molecule has 2 aromatic heterocycles. The lowest BCUT2D eigenvalue weighted by molar-refractivity contribution is -0.121. The predicted octanol–water partition coefficient (Wildman–Crippen LogP) is 3.40. The molecule has 1 aromatic carbocycles. The SMILES string of the molecule is O=C(CCCc1c[nH]c2ccccc12)NCc1ccoc1. The summed E-state index contributed by atoms with van der Waals surface area (Å²) in [7, 11) is 0. The van der Waals surface area contributed by atoms with E-state index < -0.39 is 0 Å². The number of rotatable bonds is 6. The van der Waals surface area contributed by atoms with Gasteiger partial charge in [-0.3, -0.25) is 4.79 Å². The van der Waals surface area contributed by atoms with E-state index >= 15 is 0 Å². The summed E-state index contributed by atoms with van der Waals surface area (Å²) < 4.78 is 4.96. The molecule has 0 saturated heterocycles. The third kappa shape index (κ3) is 3.34. The van der Waals surface area contributed by atoms with Crippen LogP contribution in [-0.2, 0) is 17.8 Å². The number of carbonyl (C=O) groups is 1. The number of H-pyrrole nitrogens is 1. The fraction of sp³-hybridized carbons (Fsp3) is 0.235. The van der Waals surface area contributed by atoms with Gasteiger partial charge in [-0.2, -0.15) is 0 Å². The minimum absolute atomic E-state index is 0.0797. The van der Waals surface area contributed by atoms with Crippen LogP contribution in [0.5, 0.6) is 0 Å². The molecule has 21 heavy (non-hydrogen) atoms. The molecule has 0 unspecified atom stereocenters. The molecule has 0 spiro atoms. The molecule has 2 heterocycles. The predicted molar refractivity (Wildman–Crippen MR) is 81.8 cm³/mol. The van der Waals surface area contributed by atoms with Crippen molar-refractivity contribution >= 4 is 16.8 Å². The van der Waals surface area contributed by atoms with Crippen LogP contribution in [0.25, 0.3) is 10.9 Å². The monoisotopic (exact) mass is 282 g/mol. The van der Waals surface area contributed by atoms with Crippen LogP contribution < -0.4 is 5.32 Å². The number of aryl methyl sites for hydroxylation is 1. The lowest BCUT2D eigenvalue weighted by Gasteiger charge is -2.03. The van der Waals surface area contributed by atoms with Crippen LogP contribution in [0.4, 0.5) is 0 Å². The molecule has 108 valence electrons. The first kappa shape index (κ1) is 13.5. The fourth-order valence-electron chi connectivity index (χ4n) is 2.46. The van der Waals surface area contributed by atoms with Crippen molar-refractivity contribution in [2.75, 3.05) is 0 Å². The van der Waals surface area contributed by atoms with E-state index in [1.54, 1.807) is 12.5 Å². The normalized spacial score (nSPS) is 10.9. The van der Waals surface area contributed by atoms with Gasteiger partial charge < -0.3 is 14.7 Å². The number of amides is 1. The molecule has 2 N–H and O–H groups in total. The van der Waals surface area contributed by atoms with Gasteiger partial charge in [0.2, 0.25) is 5.91 Å². The second-order valence-electron chi connectivity index (χ2n) is 5.12. The smallest absolute Gasteiger partial charge is 0.220 e. The third-order valence-electron chi connectivity index (χ3n) is 3.59. The summed E-state index contributed by atoms with van der Waals surface area (Å²) in [5.41, 5.74) is 3.41. The number of fused-ring (bicyclic) bond motifs is 1. The first-order valence-electron chi connectivity index (χ1n) is 7.16. The topological polar surface area (TPSA) is 58.0 Å². The van der Waals surface area contributed by atoms with Crippen LogP contribution in [0.2, 0.25) is 0 Å². The van der Waals surface area contributed by atoms with E-state index in [-0.39, 0.29) is 5.91 Å². The average Bonchev–Trinajstić information content (AvgIpc) is 3.15. The van der Waals surface area contributed by atoms with E-state index in [0.717, 1.165) is 23.9 Å². The molecule has 4 nitrogen and oxygen atoms in total. The van der Waals surface area contributed by atoms with E-state index in [4.69, 9.17) is 4.42 Å². The second kappa shape index (κ2) is 6.31. The Balaban J connectivity index is 1.46. The summed E-state index contributed by atoms with van der Waals surface area (Å²) in [4.78, 5) is 15.0. The fourth-order valence-corrected chi connectivity index (χ4v) is 2.46. The van der Waals surface area contributed by atoms with Gasteiger partial charge >= 0.3 is 0 Å². The minimum atomic E-state index is 0.0797. The molecule has 0 saturated carbocycles. The maximum Gasteiger partial charge on any atom is 0.220 e. The molecule has 3 rings (SSSR count). The molecule has 0 radical (unpaired) electrons. The van der Waals surface area contributed by atoms with Crippen LogP contribution >= 0.6 is 0 Å². The zero-order valence-electron chi connectivity index (χ0n) is 11.8. The quantitative estimate of drug-likeness (QED) is 0.728. The highest BCUT2D eigenvalue weighted by molar-refractivity contribution is 5.83. The van der Waals surface area contributed by atoms with Crippen molar-refractivity contribution < 1.29 is 9.21 Å². The van der Waals surface area contributed by atoms with Gasteiger partial charge in [0.15, 0.2) is 0 Å².